The molecule has 20 heavy (non-hydrogen) atoms. The van der Waals surface area contributed by atoms with Crippen LogP contribution in [-0.2, 0) is 6.54 Å². The minimum Gasteiger partial charge on any atom is -0.325 e. The summed E-state index contributed by atoms with van der Waals surface area (Å²) in [6.45, 7) is 7.15. The number of urea groups is 1. The standard InChI is InChI=1S/C16H25N3O/c1-3-18(13-15-10-8-9-14(2)17-15)16(20)19-11-6-4-5-7-12-19/h8-10H,3-7,11-13H2,1-2H3. The lowest BCUT2D eigenvalue weighted by Crippen LogP contribution is -2.43. The van der Waals surface area contributed by atoms with Crippen molar-refractivity contribution in [3.8, 4) is 0 Å². The van der Waals surface area contributed by atoms with Gasteiger partial charge in [0.05, 0.1) is 12.2 Å². The maximum atomic E-state index is 12.6. The molecule has 4 nitrogen and oxygen atoms in total. The van der Waals surface area contributed by atoms with Crippen LogP contribution in [0.15, 0.2) is 18.2 Å². The monoisotopic (exact) mass is 275 g/mol. The van der Waals surface area contributed by atoms with Crippen molar-refractivity contribution < 1.29 is 4.79 Å². The van der Waals surface area contributed by atoms with Gasteiger partial charge in [-0.2, -0.15) is 0 Å². The summed E-state index contributed by atoms with van der Waals surface area (Å²) in [5.74, 6) is 0. The van der Waals surface area contributed by atoms with E-state index in [1.807, 2.05) is 41.8 Å². The minimum atomic E-state index is 0.165. The third kappa shape index (κ3) is 3.95. The molecule has 1 aromatic rings. The molecule has 1 aliphatic rings. The van der Waals surface area contributed by atoms with Gasteiger partial charge in [0.15, 0.2) is 0 Å². The molecule has 0 aliphatic carbocycles. The number of pyridine rings is 1. The van der Waals surface area contributed by atoms with E-state index in [-0.39, 0.29) is 6.03 Å². The van der Waals surface area contributed by atoms with Crippen molar-refractivity contribution in [3.63, 3.8) is 0 Å². The van der Waals surface area contributed by atoms with E-state index in [1.54, 1.807) is 0 Å². The highest BCUT2D eigenvalue weighted by Crippen LogP contribution is 2.13. The van der Waals surface area contributed by atoms with Gasteiger partial charge in [-0.05, 0) is 38.8 Å². The second-order valence-electron chi connectivity index (χ2n) is 5.47. The smallest absolute Gasteiger partial charge is 0.320 e. The SMILES string of the molecule is CCN(Cc1cccc(C)n1)C(=O)N1CCCCCC1. The lowest BCUT2D eigenvalue weighted by Gasteiger charge is -2.29. The zero-order valence-electron chi connectivity index (χ0n) is 12.6. The number of hydrogen-bond acceptors (Lipinski definition) is 2. The largest absolute Gasteiger partial charge is 0.325 e. The van der Waals surface area contributed by atoms with Crippen molar-refractivity contribution in [2.45, 2.75) is 46.1 Å². The minimum absolute atomic E-state index is 0.165. The van der Waals surface area contributed by atoms with Gasteiger partial charge in [-0.1, -0.05) is 18.9 Å². The van der Waals surface area contributed by atoms with Gasteiger partial charge in [0, 0.05) is 25.3 Å². The zero-order valence-corrected chi connectivity index (χ0v) is 12.6. The Morgan fingerprint density at radius 1 is 1.25 bits per heavy atom. The highest BCUT2D eigenvalue weighted by atomic mass is 16.2. The normalized spacial score (nSPS) is 15.8. The van der Waals surface area contributed by atoms with Gasteiger partial charge in [0.2, 0.25) is 0 Å². The molecule has 110 valence electrons. The summed E-state index contributed by atoms with van der Waals surface area (Å²) in [6.07, 6.45) is 4.75. The van der Waals surface area contributed by atoms with Gasteiger partial charge in [-0.3, -0.25) is 4.98 Å². The molecule has 1 fully saturated rings. The van der Waals surface area contributed by atoms with Crippen molar-refractivity contribution in [1.82, 2.24) is 14.8 Å². The van der Waals surface area contributed by atoms with Crippen molar-refractivity contribution in [1.29, 1.82) is 0 Å². The van der Waals surface area contributed by atoms with Crippen molar-refractivity contribution >= 4 is 6.03 Å². The maximum Gasteiger partial charge on any atom is 0.320 e. The Bertz CT molecular complexity index is 439. The quantitative estimate of drug-likeness (QED) is 0.849. The fraction of sp³-hybridized carbons (Fsp3) is 0.625. The first kappa shape index (κ1) is 14.8. The molecule has 0 radical (unpaired) electrons. The molecule has 0 atom stereocenters. The maximum absolute atomic E-state index is 12.6. The van der Waals surface area contributed by atoms with Gasteiger partial charge >= 0.3 is 6.03 Å². The number of rotatable bonds is 3. The molecule has 0 spiro atoms. The second kappa shape index (κ2) is 7.27. The van der Waals surface area contributed by atoms with E-state index in [1.165, 1.54) is 12.8 Å². The van der Waals surface area contributed by atoms with E-state index in [4.69, 9.17) is 0 Å². The third-order valence-corrected chi connectivity index (χ3v) is 3.83. The summed E-state index contributed by atoms with van der Waals surface area (Å²) in [5.41, 5.74) is 1.97. The Kier molecular flexibility index (Phi) is 5.39. The molecule has 4 heteroatoms. The van der Waals surface area contributed by atoms with Crippen LogP contribution in [0.1, 0.15) is 44.0 Å². The Balaban J connectivity index is 2.01. The molecule has 1 aliphatic heterocycles. The van der Waals surface area contributed by atoms with Crippen LogP contribution in [0.2, 0.25) is 0 Å². The number of likely N-dealkylation sites (tertiary alicyclic amines) is 1. The number of carbonyl (C=O) groups excluding carboxylic acids is 1. The predicted molar refractivity (Wildman–Crippen MR) is 80.5 cm³/mol. The molecule has 2 heterocycles. The Morgan fingerprint density at radius 3 is 2.55 bits per heavy atom. The van der Waals surface area contributed by atoms with Gasteiger partial charge in [0.1, 0.15) is 0 Å². The molecule has 2 amide bonds. The molecule has 0 N–H and O–H groups in total. The van der Waals surface area contributed by atoms with Crippen LogP contribution in [-0.4, -0.2) is 40.4 Å². The molecule has 0 aromatic carbocycles. The van der Waals surface area contributed by atoms with Gasteiger partial charge in [-0.15, -0.1) is 0 Å². The lowest BCUT2D eigenvalue weighted by atomic mass is 10.2. The van der Waals surface area contributed by atoms with Crippen LogP contribution in [0.3, 0.4) is 0 Å². The highest BCUT2D eigenvalue weighted by Gasteiger charge is 2.21. The zero-order chi connectivity index (χ0) is 14.4. The fourth-order valence-corrected chi connectivity index (χ4v) is 2.66. The second-order valence-corrected chi connectivity index (χ2v) is 5.47. The first-order valence-electron chi connectivity index (χ1n) is 7.67. The van der Waals surface area contributed by atoms with Crippen LogP contribution >= 0.6 is 0 Å². The number of carbonyl (C=O) groups is 1. The molecular weight excluding hydrogens is 250 g/mol. The summed E-state index contributed by atoms with van der Waals surface area (Å²) in [4.78, 5) is 21.0. The van der Waals surface area contributed by atoms with Gasteiger partial charge in [0.25, 0.3) is 0 Å². The number of aryl methyl sites for hydroxylation is 1. The fourth-order valence-electron chi connectivity index (χ4n) is 2.66. The predicted octanol–water partition coefficient (Wildman–Crippen LogP) is 3.21. The summed E-state index contributed by atoms with van der Waals surface area (Å²) in [6, 6.07) is 6.14. The summed E-state index contributed by atoms with van der Waals surface area (Å²) < 4.78 is 0. The van der Waals surface area contributed by atoms with E-state index in [2.05, 4.69) is 4.98 Å². The van der Waals surface area contributed by atoms with E-state index < -0.39 is 0 Å². The van der Waals surface area contributed by atoms with Crippen LogP contribution < -0.4 is 0 Å². The van der Waals surface area contributed by atoms with Gasteiger partial charge in [-0.25, -0.2) is 4.79 Å². The Labute approximate surface area is 121 Å². The molecule has 0 bridgehead atoms. The van der Waals surface area contributed by atoms with E-state index in [9.17, 15) is 4.79 Å². The van der Waals surface area contributed by atoms with Crippen LogP contribution in [0, 0.1) is 6.92 Å². The first-order chi connectivity index (χ1) is 9.70. The molecule has 1 aromatic heterocycles. The molecule has 1 saturated heterocycles. The van der Waals surface area contributed by atoms with Crippen molar-refractivity contribution in [2.75, 3.05) is 19.6 Å². The molecule has 0 unspecified atom stereocenters. The van der Waals surface area contributed by atoms with E-state index >= 15 is 0 Å². The third-order valence-electron chi connectivity index (χ3n) is 3.83. The topological polar surface area (TPSA) is 36.4 Å². The average Bonchev–Trinajstić information content (AvgIpc) is 2.73. The summed E-state index contributed by atoms with van der Waals surface area (Å²) in [5, 5.41) is 0. The summed E-state index contributed by atoms with van der Waals surface area (Å²) >= 11 is 0. The number of hydrogen-bond donors (Lipinski definition) is 0. The van der Waals surface area contributed by atoms with Gasteiger partial charge < -0.3 is 9.80 Å². The number of aromatic nitrogens is 1. The average molecular weight is 275 g/mol. The summed E-state index contributed by atoms with van der Waals surface area (Å²) in [7, 11) is 0. The van der Waals surface area contributed by atoms with Crippen LogP contribution in [0.4, 0.5) is 4.79 Å². The Hall–Kier alpha value is -1.58. The van der Waals surface area contributed by atoms with Crippen LogP contribution in [0.25, 0.3) is 0 Å². The molecular formula is C16H25N3O. The lowest BCUT2D eigenvalue weighted by molar-refractivity contribution is 0.153. The molecule has 0 saturated carbocycles. The van der Waals surface area contributed by atoms with E-state index in [0.717, 1.165) is 43.9 Å². The first-order valence-corrected chi connectivity index (χ1v) is 7.67. The molecule has 2 rings (SSSR count). The van der Waals surface area contributed by atoms with Crippen molar-refractivity contribution in [2.24, 2.45) is 0 Å². The Morgan fingerprint density at radius 2 is 1.95 bits per heavy atom. The van der Waals surface area contributed by atoms with Crippen molar-refractivity contribution in [3.05, 3.63) is 29.6 Å². The van der Waals surface area contributed by atoms with E-state index in [0.29, 0.717) is 6.54 Å². The number of nitrogens with zero attached hydrogens (tertiary/aromatic N) is 3. The van der Waals surface area contributed by atoms with Crippen LogP contribution in [0.5, 0.6) is 0 Å². The number of amides is 2. The highest BCUT2D eigenvalue weighted by molar-refractivity contribution is 5.74.